The van der Waals surface area contributed by atoms with E-state index >= 15 is 0 Å². The van der Waals surface area contributed by atoms with E-state index in [4.69, 9.17) is 27.1 Å². The van der Waals surface area contributed by atoms with Crippen molar-refractivity contribution in [1.82, 2.24) is 15.0 Å². The maximum absolute atomic E-state index is 12.2. The minimum atomic E-state index is -0.270. The number of hydrogen-bond donors (Lipinski definition) is 3. The van der Waals surface area contributed by atoms with Crippen LogP contribution in [0.1, 0.15) is 6.42 Å². The van der Waals surface area contributed by atoms with Gasteiger partial charge in [-0.15, -0.1) is 0 Å². The molecule has 2 bridgehead atoms. The Labute approximate surface area is 210 Å². The zero-order valence-electron chi connectivity index (χ0n) is 18.3. The monoisotopic (exact) mass is 542 g/mol. The van der Waals surface area contributed by atoms with E-state index in [9.17, 15) is 4.79 Å². The number of aromatic nitrogens is 3. The molecule has 6 rings (SSSR count). The van der Waals surface area contributed by atoms with Crippen molar-refractivity contribution in [2.75, 3.05) is 36.5 Å². The average molecular weight is 544 g/mol. The summed E-state index contributed by atoms with van der Waals surface area (Å²) in [6.45, 7) is 3.12. The topological polar surface area (TPSA) is 109 Å². The highest BCUT2D eigenvalue weighted by atomic mass is 79.9. The second-order valence-corrected chi connectivity index (χ2v) is 10.3. The number of rotatable bonds is 5. The number of amides is 1. The van der Waals surface area contributed by atoms with Gasteiger partial charge in [0.05, 0.1) is 34.3 Å². The number of aromatic amines is 1. The van der Waals surface area contributed by atoms with E-state index in [1.165, 1.54) is 0 Å². The van der Waals surface area contributed by atoms with Gasteiger partial charge >= 0.3 is 0 Å². The molecule has 1 saturated heterocycles. The number of carbonyl (C=O) groups excluding carboxylic acids is 1. The van der Waals surface area contributed by atoms with Gasteiger partial charge in [-0.3, -0.25) is 4.79 Å². The van der Waals surface area contributed by atoms with E-state index < -0.39 is 0 Å². The molecular formula is C24H24BrClN6O2. The van der Waals surface area contributed by atoms with Gasteiger partial charge in [-0.2, -0.15) is 0 Å². The molecule has 1 saturated carbocycles. The summed E-state index contributed by atoms with van der Waals surface area (Å²) in [6.07, 6.45) is 6.96. The van der Waals surface area contributed by atoms with Crippen molar-refractivity contribution in [3.8, 4) is 11.4 Å². The molecule has 34 heavy (non-hydrogen) atoms. The van der Waals surface area contributed by atoms with E-state index in [-0.39, 0.29) is 29.7 Å². The molecule has 1 aromatic carbocycles. The minimum Gasteiger partial charge on any atom is -0.378 e. The first-order valence-electron chi connectivity index (χ1n) is 11.4. The first-order chi connectivity index (χ1) is 16.5. The van der Waals surface area contributed by atoms with Gasteiger partial charge in [0.25, 0.3) is 0 Å². The smallest absolute Gasteiger partial charge is 0.223 e. The second-order valence-electron chi connectivity index (χ2n) is 9.08. The molecule has 8 nitrogen and oxygen atoms in total. The van der Waals surface area contributed by atoms with Crippen LogP contribution in [0.3, 0.4) is 0 Å². The van der Waals surface area contributed by atoms with E-state index in [0.29, 0.717) is 29.7 Å². The lowest BCUT2D eigenvalue weighted by Gasteiger charge is -2.29. The van der Waals surface area contributed by atoms with E-state index in [1.807, 2.05) is 12.1 Å². The summed E-state index contributed by atoms with van der Waals surface area (Å²) in [5.74, 6) is 0.587. The first kappa shape index (κ1) is 21.9. The van der Waals surface area contributed by atoms with Crippen molar-refractivity contribution >= 4 is 56.0 Å². The van der Waals surface area contributed by atoms with Gasteiger partial charge in [0, 0.05) is 36.6 Å². The fourth-order valence-corrected chi connectivity index (χ4v) is 6.17. The second kappa shape index (κ2) is 8.55. The Morgan fingerprint density at radius 2 is 2.06 bits per heavy atom. The quantitative estimate of drug-likeness (QED) is 0.420. The Hall–Kier alpha value is -2.62. The van der Waals surface area contributed by atoms with Gasteiger partial charge in [-0.05, 0) is 52.4 Å². The van der Waals surface area contributed by atoms with Crippen molar-refractivity contribution in [2.45, 2.75) is 12.5 Å². The number of nitrogens with zero attached hydrogens (tertiary/aromatic N) is 3. The van der Waals surface area contributed by atoms with Crippen molar-refractivity contribution in [3.05, 3.63) is 46.0 Å². The van der Waals surface area contributed by atoms with Crippen LogP contribution in [0.4, 0.5) is 11.4 Å². The van der Waals surface area contributed by atoms with Crippen molar-refractivity contribution in [1.29, 1.82) is 0 Å². The zero-order chi connectivity index (χ0) is 23.4. The van der Waals surface area contributed by atoms with Crippen LogP contribution >= 0.6 is 27.5 Å². The van der Waals surface area contributed by atoms with Gasteiger partial charge in [0.2, 0.25) is 5.91 Å². The Morgan fingerprint density at radius 1 is 1.26 bits per heavy atom. The Kier molecular flexibility index (Phi) is 5.50. The van der Waals surface area contributed by atoms with Crippen LogP contribution in [0, 0.1) is 17.8 Å². The molecule has 176 valence electrons. The molecule has 4 N–H and O–H groups in total. The summed E-state index contributed by atoms with van der Waals surface area (Å²) in [7, 11) is 0. The number of nitrogens with one attached hydrogen (secondary N) is 2. The van der Waals surface area contributed by atoms with Crippen LogP contribution in [0.25, 0.3) is 22.6 Å². The third-order valence-electron chi connectivity index (χ3n) is 7.16. The third-order valence-corrected chi connectivity index (χ3v) is 8.07. The summed E-state index contributed by atoms with van der Waals surface area (Å²) in [4.78, 5) is 27.1. The number of pyridine rings is 1. The van der Waals surface area contributed by atoms with Crippen molar-refractivity contribution in [2.24, 2.45) is 23.5 Å². The van der Waals surface area contributed by atoms with Gasteiger partial charge in [0.1, 0.15) is 11.3 Å². The summed E-state index contributed by atoms with van der Waals surface area (Å²) < 4.78 is 6.24. The number of morpholine rings is 1. The molecular weight excluding hydrogens is 520 g/mol. The molecule has 10 heteroatoms. The van der Waals surface area contributed by atoms with Gasteiger partial charge in [-0.25, -0.2) is 9.97 Å². The zero-order valence-corrected chi connectivity index (χ0v) is 20.6. The van der Waals surface area contributed by atoms with Gasteiger partial charge in [-0.1, -0.05) is 23.8 Å². The maximum atomic E-state index is 12.2. The normalized spacial score (nSPS) is 25.9. The van der Waals surface area contributed by atoms with E-state index in [1.54, 1.807) is 6.20 Å². The molecule has 0 radical (unpaired) electrons. The molecule has 2 fully saturated rings. The number of anilines is 2. The highest BCUT2D eigenvalue weighted by Gasteiger charge is 2.47. The van der Waals surface area contributed by atoms with E-state index in [2.05, 4.69) is 54.3 Å². The molecule has 4 atom stereocenters. The number of H-pyrrole nitrogens is 1. The Morgan fingerprint density at radius 3 is 2.82 bits per heavy atom. The lowest BCUT2D eigenvalue weighted by Crippen LogP contribution is -2.41. The predicted octanol–water partition coefficient (Wildman–Crippen LogP) is 3.97. The molecule has 0 unspecified atom stereocenters. The van der Waals surface area contributed by atoms with Gasteiger partial charge in [0.15, 0.2) is 5.65 Å². The van der Waals surface area contributed by atoms with Crippen LogP contribution in [0.5, 0.6) is 0 Å². The SMILES string of the molecule is NC(=O)[C@@H]1[C@H](Nc2c(Br)cnc3nc(-c4ccc(N5CCOCC5)cc4Cl)[nH]c23)[C@@H]2C=C[C@@H]1C2. The number of imidazole rings is 1. The Bertz CT molecular complexity index is 1300. The predicted molar refractivity (Wildman–Crippen MR) is 136 cm³/mol. The summed E-state index contributed by atoms with van der Waals surface area (Å²) in [5, 5.41) is 4.20. The summed E-state index contributed by atoms with van der Waals surface area (Å²) in [6, 6.07) is 5.94. The molecule has 1 aliphatic heterocycles. The average Bonchev–Trinajstić information content (AvgIpc) is 3.56. The molecule has 3 heterocycles. The molecule has 1 amide bonds. The molecule has 2 aliphatic carbocycles. The van der Waals surface area contributed by atoms with Crippen LogP contribution in [0.2, 0.25) is 5.02 Å². The van der Waals surface area contributed by atoms with E-state index in [0.717, 1.165) is 46.4 Å². The van der Waals surface area contributed by atoms with Crippen molar-refractivity contribution < 1.29 is 9.53 Å². The van der Waals surface area contributed by atoms with Crippen LogP contribution in [-0.4, -0.2) is 53.2 Å². The summed E-state index contributed by atoms with van der Waals surface area (Å²) in [5.41, 5.74) is 9.78. The number of nitrogens with two attached hydrogens (primary N) is 1. The number of benzene rings is 1. The van der Waals surface area contributed by atoms with Gasteiger partial charge < -0.3 is 25.7 Å². The van der Waals surface area contributed by atoms with Crippen molar-refractivity contribution in [3.63, 3.8) is 0 Å². The lowest BCUT2D eigenvalue weighted by molar-refractivity contribution is -0.122. The fourth-order valence-electron chi connectivity index (χ4n) is 5.49. The minimum absolute atomic E-state index is 0.0717. The maximum Gasteiger partial charge on any atom is 0.223 e. The van der Waals surface area contributed by atoms with Crippen LogP contribution in [0.15, 0.2) is 41.0 Å². The highest BCUT2D eigenvalue weighted by molar-refractivity contribution is 9.10. The first-order valence-corrected chi connectivity index (χ1v) is 12.6. The number of halogens is 2. The van der Waals surface area contributed by atoms with Crippen LogP contribution < -0.4 is 16.0 Å². The number of primary amides is 1. The number of carbonyl (C=O) groups is 1. The largest absolute Gasteiger partial charge is 0.378 e. The van der Waals surface area contributed by atoms with Crippen LogP contribution in [-0.2, 0) is 9.53 Å². The molecule has 2 aromatic heterocycles. The molecule has 3 aromatic rings. The standard InChI is InChI=1S/C24H24BrClN6O2/c25-16-11-28-24-21(20(16)29-19-13-2-1-12(9-13)18(19)22(27)33)30-23(31-24)15-4-3-14(10-17(15)26)32-5-7-34-8-6-32/h1-4,10-13,18-19H,5-9H2,(H2,27,33)(H2,28,29,30,31)/t12-,13-,18+,19-/m1/s1. The fraction of sp³-hybridized carbons (Fsp3) is 0.375. The number of hydrogen-bond acceptors (Lipinski definition) is 6. The third kappa shape index (κ3) is 3.66. The highest BCUT2D eigenvalue weighted by Crippen LogP contribution is 2.46. The number of ether oxygens (including phenoxy) is 1. The summed E-state index contributed by atoms with van der Waals surface area (Å²) >= 11 is 10.3. The number of fused-ring (bicyclic) bond motifs is 3. The number of allylic oxidation sites excluding steroid dienone is 1. The Balaban J connectivity index is 1.34. The molecule has 0 spiro atoms. The molecule has 3 aliphatic rings. The lowest BCUT2D eigenvalue weighted by atomic mass is 9.88.